The molecule has 0 N–H and O–H groups in total. The van der Waals surface area contributed by atoms with Gasteiger partial charge in [0.05, 0.1) is 17.7 Å². The number of nitrogens with zero attached hydrogens (tertiary/aromatic N) is 3. The number of aromatic nitrogens is 1. The minimum absolute atomic E-state index is 0.618. The van der Waals surface area contributed by atoms with E-state index in [1.165, 1.54) is 0 Å². The summed E-state index contributed by atoms with van der Waals surface area (Å²) in [6, 6.07) is 13.6. The van der Waals surface area contributed by atoms with E-state index in [9.17, 15) is 5.26 Å². The molecular formula is C15H9N3. The summed E-state index contributed by atoms with van der Waals surface area (Å²) in [6.45, 7) is 7.07. The molecule has 0 saturated carbocycles. The predicted octanol–water partition coefficient (Wildman–Crippen LogP) is 3.75. The van der Waals surface area contributed by atoms with Crippen LogP contribution >= 0.6 is 0 Å². The number of nitriles is 1. The second kappa shape index (κ2) is 3.61. The molecule has 1 aromatic heterocycles. The number of rotatable bonds is 0. The minimum Gasteiger partial charge on any atom is -0.344 e. The van der Waals surface area contributed by atoms with Gasteiger partial charge in [-0.1, -0.05) is 24.3 Å². The van der Waals surface area contributed by atoms with Crippen LogP contribution in [-0.2, 0) is 7.05 Å². The third-order valence-electron chi connectivity index (χ3n) is 3.25. The standard InChI is InChI=1S/C15H9N3/c1-17-11-6-7-12-13-5-3-4-10(9-16)15(13)18(2)14(12)8-11/h3-8H,2H3. The summed E-state index contributed by atoms with van der Waals surface area (Å²) in [6.07, 6.45) is 0. The molecule has 0 aliphatic carbocycles. The van der Waals surface area contributed by atoms with E-state index in [1.807, 2.05) is 48.0 Å². The largest absolute Gasteiger partial charge is 0.344 e. The minimum atomic E-state index is 0.618. The van der Waals surface area contributed by atoms with Crippen LogP contribution < -0.4 is 0 Å². The highest BCUT2D eigenvalue weighted by atomic mass is 14.9. The lowest BCUT2D eigenvalue weighted by atomic mass is 10.1. The van der Waals surface area contributed by atoms with Crippen LogP contribution in [0, 0.1) is 17.9 Å². The van der Waals surface area contributed by atoms with Gasteiger partial charge in [-0.2, -0.15) is 5.26 Å². The molecule has 0 aliphatic rings. The van der Waals surface area contributed by atoms with Crippen LogP contribution in [0.15, 0.2) is 36.4 Å². The summed E-state index contributed by atoms with van der Waals surface area (Å²) in [5, 5.41) is 11.3. The molecule has 3 rings (SSSR count). The zero-order valence-electron chi connectivity index (χ0n) is 9.81. The molecule has 1 heterocycles. The normalized spacial score (nSPS) is 10.4. The van der Waals surface area contributed by atoms with Crippen LogP contribution in [0.3, 0.4) is 0 Å². The Labute approximate surface area is 104 Å². The van der Waals surface area contributed by atoms with E-state index in [-0.39, 0.29) is 0 Å². The number of fused-ring (bicyclic) bond motifs is 3. The fourth-order valence-corrected chi connectivity index (χ4v) is 2.43. The molecule has 18 heavy (non-hydrogen) atoms. The highest BCUT2D eigenvalue weighted by Crippen LogP contribution is 2.32. The molecule has 0 bridgehead atoms. The van der Waals surface area contributed by atoms with E-state index >= 15 is 0 Å². The number of hydrogen-bond acceptors (Lipinski definition) is 1. The van der Waals surface area contributed by atoms with E-state index in [1.54, 1.807) is 0 Å². The van der Waals surface area contributed by atoms with Gasteiger partial charge in [-0.25, -0.2) is 4.85 Å². The number of benzene rings is 2. The summed E-state index contributed by atoms with van der Waals surface area (Å²) in [5.41, 5.74) is 3.20. The fraction of sp³-hybridized carbons (Fsp3) is 0.0667. The van der Waals surface area contributed by atoms with Gasteiger partial charge in [0.25, 0.3) is 0 Å². The number of hydrogen-bond donors (Lipinski definition) is 0. The molecule has 0 atom stereocenters. The van der Waals surface area contributed by atoms with Crippen LogP contribution in [0.1, 0.15) is 5.56 Å². The molecule has 0 aliphatic heterocycles. The first kappa shape index (κ1) is 10.4. The van der Waals surface area contributed by atoms with Gasteiger partial charge < -0.3 is 4.57 Å². The molecule has 0 fully saturated rings. The summed E-state index contributed by atoms with van der Waals surface area (Å²) in [5.74, 6) is 0. The van der Waals surface area contributed by atoms with Crippen molar-refractivity contribution in [1.29, 1.82) is 5.26 Å². The van der Waals surface area contributed by atoms with Gasteiger partial charge in [-0.3, -0.25) is 0 Å². The van der Waals surface area contributed by atoms with Crippen LogP contribution in [0.25, 0.3) is 26.7 Å². The first-order chi connectivity index (χ1) is 8.76. The van der Waals surface area contributed by atoms with Crippen LogP contribution in [0.2, 0.25) is 0 Å². The maximum Gasteiger partial charge on any atom is 0.189 e. The van der Waals surface area contributed by atoms with Crippen molar-refractivity contribution in [3.05, 3.63) is 53.4 Å². The molecule has 0 spiro atoms. The van der Waals surface area contributed by atoms with Gasteiger partial charge in [-0.15, -0.1) is 0 Å². The summed E-state index contributed by atoms with van der Waals surface area (Å²) in [4.78, 5) is 3.45. The van der Waals surface area contributed by atoms with E-state index in [0.29, 0.717) is 11.3 Å². The molecule has 84 valence electrons. The Balaban J connectivity index is 2.59. The maximum atomic E-state index is 9.17. The maximum absolute atomic E-state index is 9.17. The van der Waals surface area contributed by atoms with Gasteiger partial charge in [-0.05, 0) is 12.1 Å². The molecule has 0 amide bonds. The third-order valence-corrected chi connectivity index (χ3v) is 3.25. The molecular weight excluding hydrogens is 222 g/mol. The number of aryl methyl sites for hydroxylation is 1. The van der Waals surface area contributed by atoms with Crippen molar-refractivity contribution in [2.75, 3.05) is 0 Å². The Morgan fingerprint density at radius 3 is 2.78 bits per heavy atom. The Morgan fingerprint density at radius 1 is 1.22 bits per heavy atom. The Morgan fingerprint density at radius 2 is 2.06 bits per heavy atom. The molecule has 2 aromatic carbocycles. The van der Waals surface area contributed by atoms with E-state index < -0.39 is 0 Å². The van der Waals surface area contributed by atoms with Gasteiger partial charge in [0, 0.05) is 23.3 Å². The topological polar surface area (TPSA) is 33.1 Å². The first-order valence-electron chi connectivity index (χ1n) is 5.55. The van der Waals surface area contributed by atoms with Gasteiger partial charge in [0.2, 0.25) is 0 Å². The smallest absolute Gasteiger partial charge is 0.189 e. The Bertz CT molecular complexity index is 857. The lowest BCUT2D eigenvalue weighted by Gasteiger charge is -1.99. The van der Waals surface area contributed by atoms with Crippen molar-refractivity contribution in [2.45, 2.75) is 0 Å². The molecule has 0 unspecified atom stereocenters. The molecule has 3 nitrogen and oxygen atoms in total. The summed E-state index contributed by atoms with van der Waals surface area (Å²) in [7, 11) is 1.93. The van der Waals surface area contributed by atoms with Gasteiger partial charge in [0.1, 0.15) is 6.07 Å². The average molecular weight is 231 g/mol. The highest BCUT2D eigenvalue weighted by molar-refractivity contribution is 6.10. The van der Waals surface area contributed by atoms with E-state index in [0.717, 1.165) is 21.8 Å². The lowest BCUT2D eigenvalue weighted by molar-refractivity contribution is 1.01. The van der Waals surface area contributed by atoms with Gasteiger partial charge >= 0.3 is 0 Å². The van der Waals surface area contributed by atoms with E-state index in [2.05, 4.69) is 10.9 Å². The van der Waals surface area contributed by atoms with Crippen molar-refractivity contribution in [1.82, 2.24) is 4.57 Å². The number of para-hydroxylation sites is 1. The Hall–Kier alpha value is -2.78. The van der Waals surface area contributed by atoms with Gasteiger partial charge in [0.15, 0.2) is 5.69 Å². The van der Waals surface area contributed by atoms with Crippen LogP contribution in [0.4, 0.5) is 5.69 Å². The first-order valence-corrected chi connectivity index (χ1v) is 5.55. The predicted molar refractivity (Wildman–Crippen MR) is 71.4 cm³/mol. The lowest BCUT2D eigenvalue weighted by Crippen LogP contribution is -1.89. The molecule has 3 aromatic rings. The average Bonchev–Trinajstić information content (AvgIpc) is 2.72. The quantitative estimate of drug-likeness (QED) is 0.542. The summed E-state index contributed by atoms with van der Waals surface area (Å²) < 4.78 is 1.98. The SMILES string of the molecule is [C-]#[N+]c1ccc2c3cccc(C#N)c3n(C)c2c1. The van der Waals surface area contributed by atoms with Crippen molar-refractivity contribution < 1.29 is 0 Å². The molecule has 3 heteroatoms. The second-order valence-corrected chi connectivity index (χ2v) is 4.19. The van der Waals surface area contributed by atoms with Crippen LogP contribution in [0.5, 0.6) is 0 Å². The fourth-order valence-electron chi connectivity index (χ4n) is 2.43. The van der Waals surface area contributed by atoms with Crippen molar-refractivity contribution in [2.24, 2.45) is 7.05 Å². The Kier molecular flexibility index (Phi) is 2.08. The third kappa shape index (κ3) is 1.22. The van der Waals surface area contributed by atoms with Crippen molar-refractivity contribution in [3.63, 3.8) is 0 Å². The zero-order chi connectivity index (χ0) is 12.7. The van der Waals surface area contributed by atoms with E-state index in [4.69, 9.17) is 6.57 Å². The van der Waals surface area contributed by atoms with Crippen molar-refractivity contribution in [3.8, 4) is 6.07 Å². The zero-order valence-corrected chi connectivity index (χ0v) is 9.81. The molecule has 0 radical (unpaired) electrons. The van der Waals surface area contributed by atoms with Crippen LogP contribution in [-0.4, -0.2) is 4.57 Å². The molecule has 0 saturated heterocycles. The van der Waals surface area contributed by atoms with Crippen molar-refractivity contribution >= 4 is 27.5 Å². The highest BCUT2D eigenvalue weighted by Gasteiger charge is 2.11. The summed E-state index contributed by atoms with van der Waals surface area (Å²) >= 11 is 0. The second-order valence-electron chi connectivity index (χ2n) is 4.19. The monoisotopic (exact) mass is 231 g/mol.